The Hall–Kier alpha value is -0.690. The van der Waals surface area contributed by atoms with Crippen LogP contribution in [-0.4, -0.2) is 35.3 Å². The molecule has 0 spiro atoms. The molecule has 2 heterocycles. The molecule has 0 radical (unpaired) electrons. The van der Waals surface area contributed by atoms with Gasteiger partial charge in [-0.1, -0.05) is 15.9 Å². The predicted octanol–water partition coefficient (Wildman–Crippen LogP) is 2.02. The lowest BCUT2D eigenvalue weighted by molar-refractivity contribution is -0.104. The molecule has 6 heteroatoms. The number of hydrogen-bond acceptors (Lipinski definition) is 4. The van der Waals surface area contributed by atoms with Crippen LogP contribution in [0.15, 0.2) is 16.6 Å². The van der Waals surface area contributed by atoms with Crippen LogP contribution in [0.5, 0.6) is 0 Å². The summed E-state index contributed by atoms with van der Waals surface area (Å²) in [6, 6.07) is 3.41. The lowest BCUT2D eigenvalue weighted by Gasteiger charge is -2.38. The molecule has 1 aromatic carbocycles. The quantitative estimate of drug-likeness (QED) is 0.814. The van der Waals surface area contributed by atoms with Crippen molar-refractivity contribution < 1.29 is 14.2 Å². The van der Waals surface area contributed by atoms with Crippen molar-refractivity contribution in [3.63, 3.8) is 0 Å². The Morgan fingerprint density at radius 2 is 2.00 bits per heavy atom. The van der Waals surface area contributed by atoms with Crippen molar-refractivity contribution >= 4 is 21.6 Å². The summed E-state index contributed by atoms with van der Waals surface area (Å²) in [4.78, 5) is 1.95. The maximum absolute atomic E-state index is 14.1. The van der Waals surface area contributed by atoms with E-state index in [0.29, 0.717) is 17.7 Å². The van der Waals surface area contributed by atoms with Crippen LogP contribution in [-0.2, 0) is 4.74 Å². The van der Waals surface area contributed by atoms with E-state index in [1.807, 2.05) is 4.90 Å². The highest BCUT2D eigenvalue weighted by atomic mass is 79.9. The first-order chi connectivity index (χ1) is 9.08. The van der Waals surface area contributed by atoms with Crippen molar-refractivity contribution in [1.29, 1.82) is 0 Å². The largest absolute Gasteiger partial charge is 0.396 e. The molecule has 3 rings (SSSR count). The number of fused-ring (bicyclic) bond motifs is 2. The summed E-state index contributed by atoms with van der Waals surface area (Å²) in [6.07, 6.45) is 0.987. The zero-order valence-electron chi connectivity index (χ0n) is 10.4. The van der Waals surface area contributed by atoms with Gasteiger partial charge >= 0.3 is 0 Å². The monoisotopic (exact) mass is 330 g/mol. The Morgan fingerprint density at radius 1 is 1.37 bits per heavy atom. The van der Waals surface area contributed by atoms with Gasteiger partial charge in [0.2, 0.25) is 0 Å². The van der Waals surface area contributed by atoms with Crippen LogP contribution in [0.3, 0.4) is 0 Å². The van der Waals surface area contributed by atoms with E-state index in [4.69, 9.17) is 10.5 Å². The molecule has 2 aliphatic heterocycles. The van der Waals surface area contributed by atoms with Gasteiger partial charge in [0.1, 0.15) is 6.23 Å². The molecule has 2 aliphatic rings. The summed E-state index contributed by atoms with van der Waals surface area (Å²) in [6.45, 7) is 1.19. The van der Waals surface area contributed by atoms with Crippen molar-refractivity contribution in [1.82, 2.24) is 4.90 Å². The number of hydrogen-bond donors (Lipinski definition) is 2. The van der Waals surface area contributed by atoms with Gasteiger partial charge in [0, 0.05) is 22.1 Å². The second-order valence-corrected chi connectivity index (χ2v) is 6.06. The Labute approximate surface area is 119 Å². The third kappa shape index (κ3) is 2.27. The van der Waals surface area contributed by atoms with Crippen LogP contribution in [0.1, 0.15) is 24.6 Å². The van der Waals surface area contributed by atoms with Crippen LogP contribution in [0.25, 0.3) is 0 Å². The third-order valence-corrected chi connectivity index (χ3v) is 4.41. The number of aliphatic hydroxyl groups is 1. The molecule has 0 amide bonds. The number of ether oxygens (including phenoxy) is 1. The molecule has 104 valence electrons. The minimum Gasteiger partial charge on any atom is -0.396 e. The second kappa shape index (κ2) is 5.01. The number of nitrogen functional groups attached to an aromatic ring is 1. The summed E-state index contributed by atoms with van der Waals surface area (Å²) in [5, 5.41) is 10.5. The fraction of sp³-hybridized carbons (Fsp3) is 0.538. The number of morpholine rings is 1. The number of halogens is 2. The van der Waals surface area contributed by atoms with Gasteiger partial charge in [-0.25, -0.2) is 4.39 Å². The van der Waals surface area contributed by atoms with E-state index < -0.39 is 12.0 Å². The molecule has 3 atom stereocenters. The number of benzene rings is 1. The molecule has 0 saturated carbocycles. The lowest BCUT2D eigenvalue weighted by atomic mass is 10.1. The van der Waals surface area contributed by atoms with Crippen LogP contribution in [0.4, 0.5) is 10.1 Å². The molecule has 19 heavy (non-hydrogen) atoms. The van der Waals surface area contributed by atoms with Gasteiger partial charge in [-0.15, -0.1) is 0 Å². The first-order valence-corrected chi connectivity index (χ1v) is 7.15. The summed E-state index contributed by atoms with van der Waals surface area (Å²) in [7, 11) is 0. The van der Waals surface area contributed by atoms with Crippen molar-refractivity contribution in [3.8, 4) is 0 Å². The van der Waals surface area contributed by atoms with E-state index in [9.17, 15) is 9.50 Å². The van der Waals surface area contributed by atoms with Crippen molar-refractivity contribution in [3.05, 3.63) is 28.0 Å². The molecule has 4 nitrogen and oxygen atoms in total. The Morgan fingerprint density at radius 3 is 2.63 bits per heavy atom. The molecule has 1 aromatic rings. The van der Waals surface area contributed by atoms with Gasteiger partial charge in [0.25, 0.3) is 0 Å². The first kappa shape index (κ1) is 13.3. The molecular formula is C13H16BrFN2O2. The van der Waals surface area contributed by atoms with Crippen molar-refractivity contribution in [2.75, 3.05) is 18.9 Å². The van der Waals surface area contributed by atoms with E-state index in [1.54, 1.807) is 6.07 Å². The second-order valence-electron chi connectivity index (χ2n) is 5.14. The van der Waals surface area contributed by atoms with Crippen LogP contribution in [0, 0.1) is 5.82 Å². The molecule has 3 N–H and O–H groups in total. The highest BCUT2D eigenvalue weighted by Gasteiger charge is 2.42. The predicted molar refractivity (Wildman–Crippen MR) is 72.9 cm³/mol. The molecule has 0 aromatic heterocycles. The fourth-order valence-electron chi connectivity index (χ4n) is 3.04. The maximum atomic E-state index is 14.1. The summed E-state index contributed by atoms with van der Waals surface area (Å²) in [5.41, 5.74) is 5.89. The SMILES string of the molecule is Nc1cc(Br)cc(C(O)N2C3CCC2COC3)c1F. The average molecular weight is 331 g/mol. The van der Waals surface area contributed by atoms with E-state index in [-0.39, 0.29) is 23.3 Å². The summed E-state index contributed by atoms with van der Waals surface area (Å²) in [5.74, 6) is -0.540. The van der Waals surface area contributed by atoms with E-state index in [2.05, 4.69) is 15.9 Å². The zero-order chi connectivity index (χ0) is 13.6. The van der Waals surface area contributed by atoms with E-state index >= 15 is 0 Å². The van der Waals surface area contributed by atoms with E-state index in [1.165, 1.54) is 6.07 Å². The summed E-state index contributed by atoms with van der Waals surface area (Å²) >= 11 is 3.28. The van der Waals surface area contributed by atoms with Gasteiger partial charge in [0.05, 0.1) is 18.9 Å². The molecule has 3 unspecified atom stereocenters. The molecular weight excluding hydrogens is 315 g/mol. The minimum absolute atomic E-state index is 0.0454. The van der Waals surface area contributed by atoms with Crippen molar-refractivity contribution in [2.45, 2.75) is 31.2 Å². The van der Waals surface area contributed by atoms with Gasteiger partial charge in [0.15, 0.2) is 5.82 Å². The fourth-order valence-corrected chi connectivity index (χ4v) is 3.53. The normalized spacial score (nSPS) is 28.6. The molecule has 2 fully saturated rings. The number of rotatable bonds is 2. The lowest BCUT2D eigenvalue weighted by Crippen LogP contribution is -2.47. The maximum Gasteiger partial charge on any atom is 0.153 e. The van der Waals surface area contributed by atoms with Gasteiger partial charge in [-0.2, -0.15) is 0 Å². The smallest absolute Gasteiger partial charge is 0.153 e. The van der Waals surface area contributed by atoms with Crippen LogP contribution < -0.4 is 5.73 Å². The van der Waals surface area contributed by atoms with Gasteiger partial charge in [-0.3, -0.25) is 4.90 Å². The highest BCUT2D eigenvalue weighted by molar-refractivity contribution is 9.10. The van der Waals surface area contributed by atoms with E-state index in [0.717, 1.165) is 12.8 Å². The highest BCUT2D eigenvalue weighted by Crippen LogP contribution is 2.37. The Balaban J connectivity index is 1.94. The zero-order valence-corrected chi connectivity index (χ0v) is 11.9. The third-order valence-electron chi connectivity index (χ3n) is 3.95. The van der Waals surface area contributed by atoms with Gasteiger partial charge < -0.3 is 15.6 Å². The molecule has 2 bridgehead atoms. The first-order valence-electron chi connectivity index (χ1n) is 6.35. The number of nitrogens with two attached hydrogens (primary N) is 1. The Kier molecular flexibility index (Phi) is 3.51. The molecule has 0 aliphatic carbocycles. The van der Waals surface area contributed by atoms with Crippen LogP contribution >= 0.6 is 15.9 Å². The standard InChI is InChI=1S/C13H16BrFN2O2/c14-7-3-10(12(15)11(16)4-7)13(18)17-8-1-2-9(17)6-19-5-8/h3-4,8-9,13,18H,1-2,5-6,16H2. The number of nitrogens with zero attached hydrogens (tertiary/aromatic N) is 1. The van der Waals surface area contributed by atoms with Gasteiger partial charge in [-0.05, 0) is 25.0 Å². The topological polar surface area (TPSA) is 58.7 Å². The number of aliphatic hydroxyl groups excluding tert-OH is 1. The number of anilines is 1. The Bertz CT molecular complexity index is 484. The summed E-state index contributed by atoms with van der Waals surface area (Å²) < 4.78 is 20.2. The average Bonchev–Trinajstić information content (AvgIpc) is 2.62. The van der Waals surface area contributed by atoms with Crippen molar-refractivity contribution in [2.24, 2.45) is 0 Å². The minimum atomic E-state index is -0.971. The molecule has 2 saturated heterocycles. The van der Waals surface area contributed by atoms with Crippen LogP contribution in [0.2, 0.25) is 0 Å².